The molecular weight excluding hydrogens is 450 g/mol. The van der Waals surface area contributed by atoms with Crippen molar-refractivity contribution in [2.75, 3.05) is 37.6 Å². The van der Waals surface area contributed by atoms with Crippen LogP contribution >= 0.6 is 0 Å². The quantitative estimate of drug-likeness (QED) is 0.516. The lowest BCUT2D eigenvalue weighted by atomic mass is 10.1. The van der Waals surface area contributed by atoms with Crippen molar-refractivity contribution < 1.29 is 17.9 Å². The van der Waals surface area contributed by atoms with Gasteiger partial charge in [-0.3, -0.25) is 14.4 Å². The third-order valence-electron chi connectivity index (χ3n) is 5.73. The average Bonchev–Trinajstić information content (AvgIpc) is 2.84. The average molecular weight is 480 g/mol. The molecule has 3 aromatic rings. The maximum absolute atomic E-state index is 13.2. The zero-order valence-electron chi connectivity index (χ0n) is 19.1. The van der Waals surface area contributed by atoms with Gasteiger partial charge in [-0.2, -0.15) is 0 Å². The van der Waals surface area contributed by atoms with Crippen molar-refractivity contribution in [3.63, 3.8) is 0 Å². The number of carbonyl (C=O) groups is 1. The van der Waals surface area contributed by atoms with Crippen LogP contribution in [0.3, 0.4) is 0 Å². The lowest BCUT2D eigenvalue weighted by Crippen LogP contribution is -2.43. The Morgan fingerprint density at radius 1 is 0.971 bits per heavy atom. The van der Waals surface area contributed by atoms with E-state index < -0.39 is 10.0 Å². The number of anilines is 1. The molecule has 1 atom stereocenters. The van der Waals surface area contributed by atoms with E-state index in [1.165, 1.54) is 12.1 Å². The molecule has 178 valence electrons. The van der Waals surface area contributed by atoms with Crippen LogP contribution in [0.15, 0.2) is 83.8 Å². The number of amides is 1. The molecule has 1 amide bonds. The van der Waals surface area contributed by atoms with Gasteiger partial charge < -0.3 is 10.1 Å². The number of sulfonamides is 1. The number of benzene rings is 3. The zero-order chi connectivity index (χ0) is 24.0. The molecule has 0 spiro atoms. The second kappa shape index (κ2) is 10.8. The highest BCUT2D eigenvalue weighted by molar-refractivity contribution is 7.92. The van der Waals surface area contributed by atoms with E-state index in [2.05, 4.69) is 14.9 Å². The summed E-state index contributed by atoms with van der Waals surface area (Å²) >= 11 is 0. The van der Waals surface area contributed by atoms with Crippen molar-refractivity contribution in [1.29, 1.82) is 0 Å². The van der Waals surface area contributed by atoms with Gasteiger partial charge in [0.25, 0.3) is 15.9 Å². The summed E-state index contributed by atoms with van der Waals surface area (Å²) in [6, 6.07) is 22.8. The maximum atomic E-state index is 13.2. The van der Waals surface area contributed by atoms with Gasteiger partial charge in [0.1, 0.15) is 0 Å². The minimum absolute atomic E-state index is 0.0334. The van der Waals surface area contributed by atoms with Gasteiger partial charge in [-0.1, -0.05) is 48.5 Å². The highest BCUT2D eigenvalue weighted by Gasteiger charge is 2.22. The highest BCUT2D eigenvalue weighted by atomic mass is 32.2. The highest BCUT2D eigenvalue weighted by Crippen LogP contribution is 2.20. The van der Waals surface area contributed by atoms with E-state index in [1.807, 2.05) is 43.3 Å². The Bertz CT molecular complexity index is 1230. The molecular formula is C26H29N3O4S. The van der Waals surface area contributed by atoms with E-state index in [1.54, 1.807) is 30.3 Å². The number of nitrogens with zero attached hydrogens (tertiary/aromatic N) is 1. The van der Waals surface area contributed by atoms with Crippen molar-refractivity contribution in [1.82, 2.24) is 10.2 Å². The molecule has 34 heavy (non-hydrogen) atoms. The number of hydrogen-bond acceptors (Lipinski definition) is 5. The molecule has 1 fully saturated rings. The Hall–Kier alpha value is -3.20. The standard InChI is InChI=1S/C26H29N3O4S/c1-20-7-5-11-23(17-20)28-34(31,32)24-12-6-10-22(18-24)26(30)27-25(21-8-3-2-4-9-21)19-29-13-15-33-16-14-29/h2-12,17-18,25,28H,13-16,19H2,1H3,(H,27,30). The molecule has 7 nitrogen and oxygen atoms in total. The fourth-order valence-corrected chi connectivity index (χ4v) is 5.03. The van der Waals surface area contributed by atoms with Crippen LogP contribution in [0.4, 0.5) is 5.69 Å². The number of aryl methyl sites for hydroxylation is 1. The van der Waals surface area contributed by atoms with Crippen molar-refractivity contribution in [3.8, 4) is 0 Å². The van der Waals surface area contributed by atoms with Crippen LogP contribution in [0, 0.1) is 6.92 Å². The molecule has 3 aromatic carbocycles. The normalized spacial score (nSPS) is 15.4. The van der Waals surface area contributed by atoms with Crippen molar-refractivity contribution >= 4 is 21.6 Å². The van der Waals surface area contributed by atoms with Gasteiger partial charge in [0.05, 0.1) is 24.2 Å². The molecule has 0 saturated carbocycles. The zero-order valence-corrected chi connectivity index (χ0v) is 19.9. The lowest BCUT2D eigenvalue weighted by molar-refractivity contribution is 0.0332. The van der Waals surface area contributed by atoms with E-state index >= 15 is 0 Å². The predicted molar refractivity (Wildman–Crippen MR) is 132 cm³/mol. The van der Waals surface area contributed by atoms with Gasteiger partial charge >= 0.3 is 0 Å². The van der Waals surface area contributed by atoms with Gasteiger partial charge in [-0.05, 0) is 48.4 Å². The second-order valence-electron chi connectivity index (χ2n) is 8.35. The number of ether oxygens (including phenoxy) is 1. The monoisotopic (exact) mass is 479 g/mol. The summed E-state index contributed by atoms with van der Waals surface area (Å²) < 4.78 is 33.9. The molecule has 0 bridgehead atoms. The summed E-state index contributed by atoms with van der Waals surface area (Å²) in [5.41, 5.74) is 2.70. The summed E-state index contributed by atoms with van der Waals surface area (Å²) in [6.07, 6.45) is 0. The van der Waals surface area contributed by atoms with E-state index in [-0.39, 0.29) is 22.4 Å². The fourth-order valence-electron chi connectivity index (χ4n) is 3.93. The van der Waals surface area contributed by atoms with Crippen molar-refractivity contribution in [2.24, 2.45) is 0 Å². The van der Waals surface area contributed by atoms with Gasteiger partial charge in [0, 0.05) is 30.9 Å². The van der Waals surface area contributed by atoms with Crippen LogP contribution < -0.4 is 10.0 Å². The summed E-state index contributed by atoms with van der Waals surface area (Å²) in [6.45, 7) is 5.48. The van der Waals surface area contributed by atoms with E-state index in [0.717, 1.165) is 24.2 Å². The van der Waals surface area contributed by atoms with Gasteiger partial charge in [-0.25, -0.2) is 8.42 Å². The third kappa shape index (κ3) is 6.22. The molecule has 1 aliphatic rings. The van der Waals surface area contributed by atoms with Crippen LogP contribution in [-0.4, -0.2) is 52.1 Å². The maximum Gasteiger partial charge on any atom is 0.261 e. The van der Waals surface area contributed by atoms with Crippen LogP contribution in [0.2, 0.25) is 0 Å². The molecule has 8 heteroatoms. The third-order valence-corrected chi connectivity index (χ3v) is 7.11. The Kier molecular flexibility index (Phi) is 7.62. The van der Waals surface area contributed by atoms with Crippen molar-refractivity contribution in [3.05, 3.63) is 95.6 Å². The lowest BCUT2D eigenvalue weighted by Gasteiger charge is -2.31. The number of morpholine rings is 1. The van der Waals surface area contributed by atoms with Crippen molar-refractivity contribution in [2.45, 2.75) is 17.9 Å². The molecule has 1 heterocycles. The van der Waals surface area contributed by atoms with Gasteiger partial charge in [-0.15, -0.1) is 0 Å². The number of nitrogens with one attached hydrogen (secondary N) is 2. The van der Waals surface area contributed by atoms with Gasteiger partial charge in [0.2, 0.25) is 0 Å². The molecule has 1 saturated heterocycles. The first-order chi connectivity index (χ1) is 16.4. The Balaban J connectivity index is 1.52. The largest absolute Gasteiger partial charge is 0.379 e. The van der Waals surface area contributed by atoms with E-state index in [4.69, 9.17) is 4.74 Å². The van der Waals surface area contributed by atoms with E-state index in [0.29, 0.717) is 25.4 Å². The fraction of sp³-hybridized carbons (Fsp3) is 0.269. The molecule has 1 aliphatic heterocycles. The first kappa shape index (κ1) is 23.9. The number of rotatable bonds is 8. The molecule has 4 rings (SSSR count). The number of carbonyl (C=O) groups excluding carboxylic acids is 1. The van der Waals surface area contributed by atoms with Crippen LogP contribution in [-0.2, 0) is 14.8 Å². The Morgan fingerprint density at radius 3 is 2.44 bits per heavy atom. The summed E-state index contributed by atoms with van der Waals surface area (Å²) in [7, 11) is -3.84. The van der Waals surface area contributed by atoms with Crippen LogP contribution in [0.1, 0.15) is 27.5 Å². The molecule has 0 aliphatic carbocycles. The SMILES string of the molecule is Cc1cccc(NS(=O)(=O)c2cccc(C(=O)NC(CN3CCOCC3)c3ccccc3)c2)c1. The second-order valence-corrected chi connectivity index (χ2v) is 10.0. The first-order valence-corrected chi connectivity index (χ1v) is 12.7. The summed E-state index contributed by atoms with van der Waals surface area (Å²) in [5, 5.41) is 3.10. The smallest absolute Gasteiger partial charge is 0.261 e. The molecule has 0 aromatic heterocycles. The molecule has 2 N–H and O–H groups in total. The predicted octanol–water partition coefficient (Wildman–Crippen LogP) is 3.60. The molecule has 0 radical (unpaired) electrons. The topological polar surface area (TPSA) is 87.7 Å². The first-order valence-electron chi connectivity index (χ1n) is 11.3. The Labute approximate surface area is 200 Å². The van der Waals surface area contributed by atoms with E-state index in [9.17, 15) is 13.2 Å². The summed E-state index contributed by atoms with van der Waals surface area (Å²) in [4.78, 5) is 15.5. The number of hydrogen-bond donors (Lipinski definition) is 2. The summed E-state index contributed by atoms with van der Waals surface area (Å²) in [5.74, 6) is -0.324. The minimum Gasteiger partial charge on any atom is -0.379 e. The van der Waals surface area contributed by atoms with Crippen LogP contribution in [0.5, 0.6) is 0 Å². The Morgan fingerprint density at radius 2 is 1.71 bits per heavy atom. The van der Waals surface area contributed by atoms with Crippen LogP contribution in [0.25, 0.3) is 0 Å². The van der Waals surface area contributed by atoms with Gasteiger partial charge in [0.15, 0.2) is 0 Å². The molecule has 1 unspecified atom stereocenters. The minimum atomic E-state index is -3.84.